The average molecular weight is 278 g/mol. The van der Waals surface area contributed by atoms with Crippen molar-refractivity contribution in [1.29, 1.82) is 0 Å². The molecule has 0 unspecified atom stereocenters. The van der Waals surface area contributed by atoms with Crippen LogP contribution in [0.2, 0.25) is 0 Å². The van der Waals surface area contributed by atoms with Crippen molar-refractivity contribution < 1.29 is 4.74 Å². The molecule has 0 saturated carbocycles. The lowest BCUT2D eigenvalue weighted by molar-refractivity contribution is 0.306. The molecule has 0 bridgehead atoms. The summed E-state index contributed by atoms with van der Waals surface area (Å²) in [4.78, 5) is 4.32. The number of pyridine rings is 1. The predicted molar refractivity (Wildman–Crippen MR) is 86.4 cm³/mol. The second-order valence-electron chi connectivity index (χ2n) is 5.32. The van der Waals surface area contributed by atoms with Gasteiger partial charge in [0.25, 0.3) is 0 Å². The number of fused-ring (bicyclic) bond motifs is 1. The van der Waals surface area contributed by atoms with E-state index in [4.69, 9.17) is 10.5 Å². The minimum atomic E-state index is 0.499. The van der Waals surface area contributed by atoms with Gasteiger partial charge in [-0.15, -0.1) is 0 Å². The average Bonchev–Trinajstić information content (AvgIpc) is 2.46. The summed E-state index contributed by atoms with van der Waals surface area (Å²) in [6.45, 7) is 4.55. The number of aromatic nitrogens is 1. The van der Waals surface area contributed by atoms with Crippen LogP contribution in [0.15, 0.2) is 48.7 Å². The van der Waals surface area contributed by atoms with E-state index in [0.29, 0.717) is 12.3 Å². The Morgan fingerprint density at radius 3 is 2.76 bits per heavy atom. The van der Waals surface area contributed by atoms with Crippen molar-refractivity contribution in [1.82, 2.24) is 4.98 Å². The van der Waals surface area contributed by atoms with Crippen LogP contribution in [0.1, 0.15) is 16.7 Å². The van der Waals surface area contributed by atoms with Crippen molar-refractivity contribution in [3.8, 4) is 5.75 Å². The Hall–Kier alpha value is -2.55. The van der Waals surface area contributed by atoms with E-state index in [1.807, 2.05) is 38.1 Å². The third-order valence-electron chi connectivity index (χ3n) is 3.50. The van der Waals surface area contributed by atoms with Gasteiger partial charge in [-0.05, 0) is 54.8 Å². The number of benzene rings is 2. The molecule has 0 aliphatic heterocycles. The van der Waals surface area contributed by atoms with Crippen molar-refractivity contribution >= 4 is 16.6 Å². The maximum atomic E-state index is 6.04. The fraction of sp³-hybridized carbons (Fsp3) is 0.167. The monoisotopic (exact) mass is 278 g/mol. The Labute approximate surface area is 124 Å². The highest BCUT2D eigenvalue weighted by atomic mass is 16.5. The number of nitrogens with two attached hydrogens (primary N) is 1. The fourth-order valence-electron chi connectivity index (χ4n) is 2.55. The first-order valence-electron chi connectivity index (χ1n) is 6.96. The molecule has 106 valence electrons. The lowest BCUT2D eigenvalue weighted by Gasteiger charge is -2.13. The first kappa shape index (κ1) is 13.4. The summed E-state index contributed by atoms with van der Waals surface area (Å²) in [5.41, 5.74) is 11.0. The van der Waals surface area contributed by atoms with E-state index in [0.717, 1.165) is 33.3 Å². The number of nitrogens with zero attached hydrogens (tertiary/aromatic N) is 1. The molecule has 0 fully saturated rings. The maximum Gasteiger partial charge on any atom is 0.145 e. The normalized spacial score (nSPS) is 10.8. The Balaban J connectivity index is 1.83. The summed E-state index contributed by atoms with van der Waals surface area (Å²) in [5.74, 6) is 0.770. The predicted octanol–water partition coefficient (Wildman–Crippen LogP) is 4.01. The molecule has 0 aliphatic rings. The molecule has 2 N–H and O–H groups in total. The van der Waals surface area contributed by atoms with Gasteiger partial charge in [-0.3, -0.25) is 4.98 Å². The van der Waals surface area contributed by atoms with Gasteiger partial charge < -0.3 is 10.5 Å². The summed E-state index contributed by atoms with van der Waals surface area (Å²) < 4.78 is 5.91. The second-order valence-corrected chi connectivity index (χ2v) is 5.32. The van der Waals surface area contributed by atoms with Gasteiger partial charge >= 0.3 is 0 Å². The third-order valence-corrected chi connectivity index (χ3v) is 3.50. The van der Waals surface area contributed by atoms with Crippen LogP contribution in [0.25, 0.3) is 10.9 Å². The van der Waals surface area contributed by atoms with Gasteiger partial charge in [-0.25, -0.2) is 0 Å². The zero-order chi connectivity index (χ0) is 14.8. The molecule has 0 aliphatic carbocycles. The molecule has 0 amide bonds. The molecule has 1 heterocycles. The number of nitrogen functional groups attached to an aromatic ring is 1. The highest BCUT2D eigenvalue weighted by Crippen LogP contribution is 2.28. The van der Waals surface area contributed by atoms with Crippen molar-refractivity contribution in [2.75, 3.05) is 5.73 Å². The van der Waals surface area contributed by atoms with Crippen LogP contribution in [0.5, 0.6) is 5.75 Å². The molecule has 0 radical (unpaired) electrons. The van der Waals surface area contributed by atoms with Crippen LogP contribution in [0.3, 0.4) is 0 Å². The van der Waals surface area contributed by atoms with E-state index in [2.05, 4.69) is 23.2 Å². The number of aryl methyl sites for hydroxylation is 2. The van der Waals surface area contributed by atoms with Crippen LogP contribution in [0.4, 0.5) is 5.69 Å². The molecular weight excluding hydrogens is 260 g/mol. The molecule has 3 heteroatoms. The van der Waals surface area contributed by atoms with Gasteiger partial charge in [0.2, 0.25) is 0 Å². The van der Waals surface area contributed by atoms with Crippen molar-refractivity contribution in [3.05, 3.63) is 65.4 Å². The van der Waals surface area contributed by atoms with Crippen molar-refractivity contribution in [2.24, 2.45) is 0 Å². The van der Waals surface area contributed by atoms with Gasteiger partial charge in [0.15, 0.2) is 0 Å². The van der Waals surface area contributed by atoms with E-state index < -0.39 is 0 Å². The first-order chi connectivity index (χ1) is 10.1. The molecule has 3 rings (SSSR count). The smallest absolute Gasteiger partial charge is 0.145 e. The summed E-state index contributed by atoms with van der Waals surface area (Å²) in [5, 5.41) is 1.12. The van der Waals surface area contributed by atoms with E-state index in [-0.39, 0.29) is 0 Å². The standard InChI is InChI=1S/C18H18N2O/c1-12-8-13(2)18(16(19)9-12)21-11-14-5-6-17-15(10-14)4-3-7-20-17/h3-10H,11,19H2,1-2H3. The van der Waals surface area contributed by atoms with Crippen LogP contribution in [-0.4, -0.2) is 4.98 Å². The van der Waals surface area contributed by atoms with Gasteiger partial charge in [-0.1, -0.05) is 18.2 Å². The van der Waals surface area contributed by atoms with Crippen LogP contribution in [0, 0.1) is 13.8 Å². The molecule has 0 saturated heterocycles. The molecule has 2 aromatic carbocycles. The number of hydrogen-bond acceptors (Lipinski definition) is 3. The number of ether oxygens (including phenoxy) is 1. The third kappa shape index (κ3) is 2.82. The Bertz CT molecular complexity index is 773. The SMILES string of the molecule is Cc1cc(C)c(OCc2ccc3ncccc3c2)c(N)c1. The van der Waals surface area contributed by atoms with Crippen LogP contribution < -0.4 is 10.5 Å². The first-order valence-corrected chi connectivity index (χ1v) is 6.96. The van der Waals surface area contributed by atoms with E-state index in [1.54, 1.807) is 6.20 Å². The van der Waals surface area contributed by atoms with E-state index in [9.17, 15) is 0 Å². The number of rotatable bonds is 3. The number of hydrogen-bond donors (Lipinski definition) is 1. The molecule has 0 spiro atoms. The lowest BCUT2D eigenvalue weighted by atomic mass is 10.1. The van der Waals surface area contributed by atoms with Gasteiger partial charge in [0.05, 0.1) is 11.2 Å². The zero-order valence-corrected chi connectivity index (χ0v) is 12.3. The molecule has 1 aromatic heterocycles. The molecule has 3 aromatic rings. The second kappa shape index (κ2) is 5.44. The fourth-order valence-corrected chi connectivity index (χ4v) is 2.55. The Morgan fingerprint density at radius 2 is 1.95 bits per heavy atom. The topological polar surface area (TPSA) is 48.1 Å². The Kier molecular flexibility index (Phi) is 3.48. The van der Waals surface area contributed by atoms with Gasteiger partial charge in [0, 0.05) is 11.6 Å². The maximum absolute atomic E-state index is 6.04. The quantitative estimate of drug-likeness (QED) is 0.736. The summed E-state index contributed by atoms with van der Waals surface area (Å²) >= 11 is 0. The molecule has 21 heavy (non-hydrogen) atoms. The molecule has 0 atom stereocenters. The van der Waals surface area contributed by atoms with Crippen LogP contribution in [-0.2, 0) is 6.61 Å². The van der Waals surface area contributed by atoms with Crippen molar-refractivity contribution in [3.63, 3.8) is 0 Å². The molecule has 3 nitrogen and oxygen atoms in total. The molecular formula is C18H18N2O. The highest BCUT2D eigenvalue weighted by Gasteiger charge is 2.06. The summed E-state index contributed by atoms with van der Waals surface area (Å²) in [6.07, 6.45) is 1.80. The summed E-state index contributed by atoms with van der Waals surface area (Å²) in [6, 6.07) is 14.2. The zero-order valence-electron chi connectivity index (χ0n) is 12.3. The largest absolute Gasteiger partial charge is 0.486 e. The minimum Gasteiger partial charge on any atom is -0.486 e. The summed E-state index contributed by atoms with van der Waals surface area (Å²) in [7, 11) is 0. The van der Waals surface area contributed by atoms with Crippen molar-refractivity contribution in [2.45, 2.75) is 20.5 Å². The van der Waals surface area contributed by atoms with Crippen LogP contribution >= 0.6 is 0 Å². The number of anilines is 1. The minimum absolute atomic E-state index is 0.499. The lowest BCUT2D eigenvalue weighted by Crippen LogP contribution is -2.01. The van der Waals surface area contributed by atoms with Gasteiger partial charge in [-0.2, -0.15) is 0 Å². The van der Waals surface area contributed by atoms with Gasteiger partial charge in [0.1, 0.15) is 12.4 Å². The highest BCUT2D eigenvalue weighted by molar-refractivity contribution is 5.78. The Morgan fingerprint density at radius 1 is 1.10 bits per heavy atom. The van der Waals surface area contributed by atoms with E-state index >= 15 is 0 Å². The van der Waals surface area contributed by atoms with E-state index in [1.165, 1.54) is 0 Å².